The van der Waals surface area contributed by atoms with Crippen molar-refractivity contribution in [1.82, 2.24) is 9.80 Å². The van der Waals surface area contributed by atoms with E-state index < -0.39 is 11.8 Å². The predicted octanol–water partition coefficient (Wildman–Crippen LogP) is 5.96. The maximum atomic E-state index is 13.5. The fourth-order valence-electron chi connectivity index (χ4n) is 4.39. The van der Waals surface area contributed by atoms with E-state index in [9.17, 15) is 14.4 Å². The van der Waals surface area contributed by atoms with Crippen LogP contribution in [0, 0.1) is 0 Å². The van der Waals surface area contributed by atoms with E-state index in [2.05, 4.69) is 5.32 Å². The molecule has 0 saturated carbocycles. The number of hydrogen-bond acceptors (Lipinski definition) is 4. The zero-order chi connectivity index (χ0) is 27.2. The van der Waals surface area contributed by atoms with Gasteiger partial charge in [0, 0.05) is 24.3 Å². The van der Waals surface area contributed by atoms with Gasteiger partial charge >= 0.3 is 0 Å². The number of amides is 3. The second kappa shape index (κ2) is 11.8. The average molecular weight is 536 g/mol. The Labute approximate surface area is 232 Å². The van der Waals surface area contributed by atoms with Crippen molar-refractivity contribution in [3.63, 3.8) is 0 Å². The molecular weight excluding hydrogens is 510 g/mol. The zero-order valence-electron chi connectivity index (χ0n) is 21.1. The quantitative estimate of drug-likeness (QED) is 0.268. The van der Waals surface area contributed by atoms with E-state index in [0.717, 1.165) is 21.6 Å². The molecule has 3 amide bonds. The number of nitrogens with one attached hydrogen (secondary N) is 1. The van der Waals surface area contributed by atoms with Crippen LogP contribution in [0.2, 0.25) is 0 Å². The summed E-state index contributed by atoms with van der Waals surface area (Å²) in [4.78, 5) is 42.1. The van der Waals surface area contributed by atoms with Crippen molar-refractivity contribution in [2.75, 3.05) is 5.32 Å². The third-order valence-corrected chi connectivity index (χ3v) is 6.77. The van der Waals surface area contributed by atoms with Crippen LogP contribution < -0.4 is 5.32 Å². The number of benzene rings is 4. The second-order valence-corrected chi connectivity index (χ2v) is 9.58. The van der Waals surface area contributed by atoms with Crippen LogP contribution in [0.3, 0.4) is 0 Å². The molecule has 1 heterocycles. The normalized spacial score (nSPS) is 13.1. The summed E-state index contributed by atoms with van der Waals surface area (Å²) in [5.74, 6) is -1.16. The Hall–Kier alpha value is -4.68. The zero-order valence-corrected chi connectivity index (χ0v) is 21.8. The summed E-state index contributed by atoms with van der Waals surface area (Å²) in [5.41, 5.74) is 3.96. The molecule has 1 N–H and O–H groups in total. The van der Waals surface area contributed by atoms with Gasteiger partial charge < -0.3 is 10.2 Å². The Morgan fingerprint density at radius 2 is 1.15 bits per heavy atom. The lowest BCUT2D eigenvalue weighted by atomic mass is 10.1. The standard InChI is InChI=1S/C32H26ClN3O3/c33-28-29(32(39)36(31(28)38)22-25-14-8-3-9-15-25)34-27-18-16-26(17-19-27)30(37)35(20-23-10-4-1-5-11-23)21-24-12-6-2-7-13-24/h1-19,34H,20-22H2. The summed E-state index contributed by atoms with van der Waals surface area (Å²) >= 11 is 6.26. The Kier molecular flexibility index (Phi) is 7.85. The molecule has 0 bridgehead atoms. The number of rotatable bonds is 9. The summed E-state index contributed by atoms with van der Waals surface area (Å²) in [7, 11) is 0. The van der Waals surface area contributed by atoms with Crippen LogP contribution in [-0.4, -0.2) is 27.5 Å². The molecule has 6 nitrogen and oxygen atoms in total. The molecule has 0 aromatic heterocycles. The van der Waals surface area contributed by atoms with Crippen LogP contribution in [0.15, 0.2) is 126 Å². The highest BCUT2D eigenvalue weighted by atomic mass is 35.5. The third kappa shape index (κ3) is 6.08. The number of carbonyl (C=O) groups is 3. The molecule has 4 aromatic carbocycles. The molecule has 0 unspecified atom stereocenters. The monoisotopic (exact) mass is 535 g/mol. The molecule has 0 spiro atoms. The minimum Gasteiger partial charge on any atom is -0.350 e. The van der Waals surface area contributed by atoms with E-state index in [0.29, 0.717) is 24.3 Å². The van der Waals surface area contributed by atoms with E-state index >= 15 is 0 Å². The third-order valence-electron chi connectivity index (χ3n) is 6.42. The van der Waals surface area contributed by atoms with Crippen LogP contribution in [0.1, 0.15) is 27.0 Å². The number of anilines is 1. The maximum absolute atomic E-state index is 13.5. The van der Waals surface area contributed by atoms with E-state index in [1.807, 2.05) is 91.0 Å². The first-order chi connectivity index (χ1) is 19.0. The summed E-state index contributed by atoms with van der Waals surface area (Å²) in [5, 5.41) is 2.81. The highest BCUT2D eigenvalue weighted by molar-refractivity contribution is 6.48. The molecule has 0 fully saturated rings. The molecule has 0 saturated heterocycles. The van der Waals surface area contributed by atoms with Crippen molar-refractivity contribution in [2.45, 2.75) is 19.6 Å². The van der Waals surface area contributed by atoms with E-state index in [4.69, 9.17) is 11.6 Å². The summed E-state index contributed by atoms with van der Waals surface area (Å²) in [6, 6.07) is 35.7. The van der Waals surface area contributed by atoms with Crippen LogP contribution in [0.25, 0.3) is 0 Å². The predicted molar refractivity (Wildman–Crippen MR) is 151 cm³/mol. The molecule has 0 aliphatic carbocycles. The smallest absolute Gasteiger partial charge is 0.279 e. The van der Waals surface area contributed by atoms with Gasteiger partial charge in [-0.3, -0.25) is 19.3 Å². The lowest BCUT2D eigenvalue weighted by molar-refractivity contribution is -0.138. The van der Waals surface area contributed by atoms with Gasteiger partial charge in [-0.1, -0.05) is 103 Å². The minimum atomic E-state index is -0.544. The van der Waals surface area contributed by atoms with Gasteiger partial charge in [0.15, 0.2) is 0 Å². The Morgan fingerprint density at radius 3 is 1.67 bits per heavy atom. The fraction of sp³-hybridized carbons (Fsp3) is 0.0938. The minimum absolute atomic E-state index is 0.0199. The molecular formula is C32H26ClN3O3. The van der Waals surface area contributed by atoms with Crippen LogP contribution in [0.5, 0.6) is 0 Å². The lowest BCUT2D eigenvalue weighted by Gasteiger charge is -2.23. The highest BCUT2D eigenvalue weighted by Crippen LogP contribution is 2.27. The molecule has 39 heavy (non-hydrogen) atoms. The lowest BCUT2D eigenvalue weighted by Crippen LogP contribution is -2.31. The Morgan fingerprint density at radius 1 is 0.667 bits per heavy atom. The van der Waals surface area contributed by atoms with Gasteiger partial charge in [0.05, 0.1) is 6.54 Å². The largest absolute Gasteiger partial charge is 0.350 e. The molecule has 1 aliphatic heterocycles. The van der Waals surface area contributed by atoms with E-state index in [1.54, 1.807) is 29.2 Å². The molecule has 0 atom stereocenters. The van der Waals surface area contributed by atoms with Crippen molar-refractivity contribution in [3.05, 3.63) is 148 Å². The topological polar surface area (TPSA) is 69.7 Å². The van der Waals surface area contributed by atoms with Gasteiger partial charge in [-0.25, -0.2) is 0 Å². The highest BCUT2D eigenvalue weighted by Gasteiger charge is 2.37. The first-order valence-corrected chi connectivity index (χ1v) is 12.9. The first-order valence-electron chi connectivity index (χ1n) is 12.5. The molecule has 194 valence electrons. The maximum Gasteiger partial charge on any atom is 0.279 e. The number of carbonyl (C=O) groups excluding carboxylic acids is 3. The second-order valence-electron chi connectivity index (χ2n) is 9.21. The van der Waals surface area contributed by atoms with Gasteiger partial charge in [-0.15, -0.1) is 0 Å². The molecule has 0 radical (unpaired) electrons. The number of halogens is 1. The van der Waals surface area contributed by atoms with Crippen LogP contribution in [0.4, 0.5) is 5.69 Å². The van der Waals surface area contributed by atoms with Crippen molar-refractivity contribution < 1.29 is 14.4 Å². The number of nitrogens with zero attached hydrogens (tertiary/aromatic N) is 2. The Bertz CT molecular complexity index is 1460. The van der Waals surface area contributed by atoms with Gasteiger partial charge in [0.1, 0.15) is 10.7 Å². The number of imide groups is 1. The van der Waals surface area contributed by atoms with Crippen molar-refractivity contribution >= 4 is 35.0 Å². The van der Waals surface area contributed by atoms with Crippen molar-refractivity contribution in [3.8, 4) is 0 Å². The van der Waals surface area contributed by atoms with Gasteiger partial charge in [-0.2, -0.15) is 0 Å². The Balaban J connectivity index is 1.30. The fourth-order valence-corrected chi connectivity index (χ4v) is 4.62. The van der Waals surface area contributed by atoms with Crippen molar-refractivity contribution in [1.29, 1.82) is 0 Å². The summed E-state index contributed by atoms with van der Waals surface area (Å²) < 4.78 is 0. The van der Waals surface area contributed by atoms with Crippen LogP contribution >= 0.6 is 11.6 Å². The van der Waals surface area contributed by atoms with E-state index in [-0.39, 0.29) is 23.2 Å². The number of hydrogen-bond donors (Lipinski definition) is 1. The van der Waals surface area contributed by atoms with Crippen molar-refractivity contribution in [2.24, 2.45) is 0 Å². The average Bonchev–Trinajstić information content (AvgIpc) is 3.17. The SMILES string of the molecule is O=C(c1ccc(NC2=C(Cl)C(=O)N(Cc3ccccc3)C2=O)cc1)N(Cc1ccccc1)Cc1ccccc1. The van der Waals surface area contributed by atoms with Gasteiger partial charge in [0.25, 0.3) is 17.7 Å². The van der Waals surface area contributed by atoms with Gasteiger partial charge in [-0.05, 0) is 41.0 Å². The summed E-state index contributed by atoms with van der Waals surface area (Å²) in [6.45, 7) is 1.06. The molecule has 4 aromatic rings. The molecule has 5 rings (SSSR count). The molecule has 1 aliphatic rings. The van der Waals surface area contributed by atoms with E-state index in [1.165, 1.54) is 0 Å². The first kappa shape index (κ1) is 25.9. The van der Waals surface area contributed by atoms with Crippen LogP contribution in [-0.2, 0) is 29.2 Å². The summed E-state index contributed by atoms with van der Waals surface area (Å²) in [6.07, 6.45) is 0. The molecule has 7 heteroatoms. The van der Waals surface area contributed by atoms with Gasteiger partial charge in [0.2, 0.25) is 0 Å².